The van der Waals surface area contributed by atoms with Gasteiger partial charge in [0.15, 0.2) is 0 Å². The smallest absolute Gasteiger partial charge is 0.366 e. The lowest BCUT2D eigenvalue weighted by atomic mass is 10.0. The molecule has 0 unspecified atom stereocenters. The van der Waals surface area contributed by atoms with Gasteiger partial charge >= 0.3 is 5.97 Å². The van der Waals surface area contributed by atoms with Crippen molar-refractivity contribution in [2.45, 2.75) is 104 Å². The number of esters is 1. The van der Waals surface area contributed by atoms with Gasteiger partial charge in [-0.05, 0) is 25.8 Å². The number of allylic oxidation sites excluding steroid dienone is 1. The number of hydrogen-bond acceptors (Lipinski definition) is 2. The van der Waals surface area contributed by atoms with Crippen molar-refractivity contribution in [3.63, 3.8) is 0 Å². The molecule has 0 aliphatic rings. The Hall–Kier alpha value is -0.860. The average molecular weight is 329 g/mol. The molecule has 2 nitrogen and oxygen atoms in total. The van der Waals surface area contributed by atoms with Crippen molar-refractivity contribution in [3.8, 4) is 0 Å². The minimum absolute atomic E-state index is 0.221. The van der Waals surface area contributed by atoms with Gasteiger partial charge in [0, 0.05) is 0 Å². The summed E-state index contributed by atoms with van der Waals surface area (Å²) in [6.07, 6.45) is 18.9. The van der Waals surface area contributed by atoms with E-state index in [0.717, 1.165) is 12.8 Å². The van der Waals surface area contributed by atoms with Gasteiger partial charge in [-0.1, -0.05) is 84.0 Å². The third-order valence-corrected chi connectivity index (χ3v) is 4.10. The lowest BCUT2D eigenvalue weighted by Gasteiger charge is -2.02. The van der Waals surface area contributed by atoms with E-state index in [0.29, 0.717) is 6.42 Å². The number of hydrogen-bond donors (Lipinski definition) is 0. The number of unbranched alkanes of at least 4 members (excludes halogenated alkanes) is 13. The molecule has 136 valence electrons. The monoisotopic (exact) mass is 328 g/mol. The molecular weight excluding hydrogens is 291 g/mol. The molecule has 0 radical (unpaired) electrons. The summed E-state index contributed by atoms with van der Waals surface area (Å²) in [5.74, 6) is -1.58. The molecule has 0 aliphatic heterocycles. The number of rotatable bonds is 16. The van der Waals surface area contributed by atoms with Crippen LogP contribution in [-0.4, -0.2) is 12.6 Å². The SMILES string of the molecule is CCCCCCCCCCCCCCC/C=C(/F)C(=O)OCC. The Morgan fingerprint density at radius 3 is 1.65 bits per heavy atom. The number of carbonyl (C=O) groups excluding carboxylic acids is 1. The molecule has 0 fully saturated rings. The molecular formula is C20H37FO2. The van der Waals surface area contributed by atoms with Gasteiger partial charge in [0.2, 0.25) is 5.83 Å². The molecule has 0 amide bonds. The summed E-state index contributed by atoms with van der Waals surface area (Å²) in [5.41, 5.74) is 0. The molecule has 0 saturated heterocycles. The van der Waals surface area contributed by atoms with Gasteiger partial charge in [0.25, 0.3) is 0 Å². The molecule has 23 heavy (non-hydrogen) atoms. The molecule has 0 atom stereocenters. The fourth-order valence-corrected chi connectivity index (χ4v) is 2.67. The zero-order chi connectivity index (χ0) is 17.2. The third kappa shape index (κ3) is 15.8. The highest BCUT2D eigenvalue weighted by Crippen LogP contribution is 2.13. The van der Waals surface area contributed by atoms with E-state index in [1.165, 1.54) is 76.7 Å². The predicted octanol–water partition coefficient (Wildman–Crippen LogP) is 6.88. The summed E-state index contributed by atoms with van der Waals surface area (Å²) in [6, 6.07) is 0. The average Bonchev–Trinajstić information content (AvgIpc) is 2.55. The summed E-state index contributed by atoms with van der Waals surface area (Å²) in [5, 5.41) is 0. The molecule has 0 aliphatic carbocycles. The quantitative estimate of drug-likeness (QED) is 0.175. The van der Waals surface area contributed by atoms with E-state index in [4.69, 9.17) is 0 Å². The van der Waals surface area contributed by atoms with Gasteiger partial charge in [-0.15, -0.1) is 0 Å². The molecule has 0 N–H and O–H groups in total. The van der Waals surface area contributed by atoms with Crippen LogP contribution < -0.4 is 0 Å². The first kappa shape index (κ1) is 22.1. The second kappa shape index (κ2) is 17.5. The van der Waals surface area contributed by atoms with Crippen LogP contribution >= 0.6 is 0 Å². The van der Waals surface area contributed by atoms with Crippen LogP contribution in [0.3, 0.4) is 0 Å². The van der Waals surface area contributed by atoms with Crippen molar-refractivity contribution in [2.24, 2.45) is 0 Å². The first-order chi connectivity index (χ1) is 11.2. The summed E-state index contributed by atoms with van der Waals surface area (Å²) < 4.78 is 17.8. The van der Waals surface area contributed by atoms with Crippen LogP contribution in [0.15, 0.2) is 11.9 Å². The Labute approximate surface area is 142 Å². The lowest BCUT2D eigenvalue weighted by Crippen LogP contribution is -2.04. The van der Waals surface area contributed by atoms with E-state index in [1.54, 1.807) is 6.92 Å². The van der Waals surface area contributed by atoms with E-state index < -0.39 is 11.8 Å². The first-order valence-corrected chi connectivity index (χ1v) is 9.75. The highest BCUT2D eigenvalue weighted by atomic mass is 19.1. The molecule has 0 bridgehead atoms. The van der Waals surface area contributed by atoms with Crippen molar-refractivity contribution in [1.82, 2.24) is 0 Å². The second-order valence-electron chi connectivity index (χ2n) is 6.30. The van der Waals surface area contributed by atoms with Crippen molar-refractivity contribution in [2.75, 3.05) is 6.61 Å². The van der Waals surface area contributed by atoms with Gasteiger partial charge in [0.1, 0.15) is 0 Å². The van der Waals surface area contributed by atoms with Crippen LogP contribution in [0, 0.1) is 0 Å². The maximum absolute atomic E-state index is 13.2. The van der Waals surface area contributed by atoms with Crippen LogP contribution in [0.25, 0.3) is 0 Å². The number of halogens is 1. The van der Waals surface area contributed by atoms with Gasteiger partial charge < -0.3 is 4.74 Å². The van der Waals surface area contributed by atoms with Crippen molar-refractivity contribution < 1.29 is 13.9 Å². The molecule has 0 heterocycles. The predicted molar refractivity (Wildman–Crippen MR) is 96.1 cm³/mol. The van der Waals surface area contributed by atoms with Crippen molar-refractivity contribution in [3.05, 3.63) is 11.9 Å². The van der Waals surface area contributed by atoms with E-state index >= 15 is 0 Å². The maximum atomic E-state index is 13.2. The molecule has 0 saturated carbocycles. The largest absolute Gasteiger partial charge is 0.461 e. The minimum atomic E-state index is -0.831. The van der Waals surface area contributed by atoms with E-state index in [9.17, 15) is 9.18 Å². The Bertz CT molecular complexity index is 300. The van der Waals surface area contributed by atoms with E-state index in [-0.39, 0.29) is 6.61 Å². The van der Waals surface area contributed by atoms with Gasteiger partial charge in [-0.2, -0.15) is 4.39 Å². The summed E-state index contributed by atoms with van der Waals surface area (Å²) in [6.45, 7) is 4.16. The molecule has 0 aromatic rings. The number of ether oxygens (including phenoxy) is 1. The fraction of sp³-hybridized carbons (Fsp3) is 0.850. The molecule has 0 rings (SSSR count). The van der Waals surface area contributed by atoms with Crippen molar-refractivity contribution >= 4 is 5.97 Å². The highest BCUT2D eigenvalue weighted by molar-refractivity contribution is 5.85. The molecule has 0 aromatic carbocycles. The third-order valence-electron chi connectivity index (χ3n) is 4.10. The molecule has 3 heteroatoms. The highest BCUT2D eigenvalue weighted by Gasteiger charge is 2.07. The van der Waals surface area contributed by atoms with Gasteiger partial charge in [-0.25, -0.2) is 4.79 Å². The lowest BCUT2D eigenvalue weighted by molar-refractivity contribution is -0.140. The topological polar surface area (TPSA) is 26.3 Å². The maximum Gasteiger partial charge on any atom is 0.366 e. The Balaban J connectivity index is 3.24. The van der Waals surface area contributed by atoms with Crippen LogP contribution in [0.1, 0.15) is 104 Å². The van der Waals surface area contributed by atoms with Crippen LogP contribution in [0.4, 0.5) is 4.39 Å². The van der Waals surface area contributed by atoms with Crippen molar-refractivity contribution in [1.29, 1.82) is 0 Å². The van der Waals surface area contributed by atoms with Gasteiger partial charge in [-0.3, -0.25) is 0 Å². The first-order valence-electron chi connectivity index (χ1n) is 9.75. The van der Waals surface area contributed by atoms with Gasteiger partial charge in [0.05, 0.1) is 6.61 Å². The van der Waals surface area contributed by atoms with Crippen LogP contribution in [0.5, 0.6) is 0 Å². The Morgan fingerprint density at radius 1 is 0.783 bits per heavy atom. The summed E-state index contributed by atoms with van der Waals surface area (Å²) in [4.78, 5) is 11.0. The van der Waals surface area contributed by atoms with E-state index in [1.807, 2.05) is 0 Å². The molecule has 0 aromatic heterocycles. The minimum Gasteiger partial charge on any atom is -0.461 e. The Morgan fingerprint density at radius 2 is 1.22 bits per heavy atom. The Kier molecular flexibility index (Phi) is 16.8. The number of carbonyl (C=O) groups is 1. The summed E-state index contributed by atoms with van der Waals surface area (Å²) in [7, 11) is 0. The normalized spacial score (nSPS) is 11.7. The zero-order valence-corrected chi connectivity index (χ0v) is 15.4. The van der Waals surface area contributed by atoms with E-state index in [2.05, 4.69) is 11.7 Å². The molecule has 0 spiro atoms. The second-order valence-corrected chi connectivity index (χ2v) is 6.30. The summed E-state index contributed by atoms with van der Waals surface area (Å²) >= 11 is 0. The van der Waals surface area contributed by atoms with Crippen LogP contribution in [-0.2, 0) is 9.53 Å². The fourth-order valence-electron chi connectivity index (χ4n) is 2.67. The van der Waals surface area contributed by atoms with Crippen LogP contribution in [0.2, 0.25) is 0 Å². The zero-order valence-electron chi connectivity index (χ0n) is 15.4. The standard InChI is InChI=1S/C20H37FO2/c1-3-5-6-7-8-9-10-11-12-13-14-15-16-17-18-19(21)20(22)23-4-2/h18H,3-17H2,1-2H3/b19-18+.